The molecule has 7 atom stereocenters. The molecule has 3 saturated carbocycles. The number of carbonyl (C=O) groups excluding carboxylic acids is 2. The Bertz CT molecular complexity index is 641. The summed E-state index contributed by atoms with van der Waals surface area (Å²) < 4.78 is 20.7. The van der Waals surface area contributed by atoms with Gasteiger partial charge >= 0.3 is 5.97 Å². The van der Waals surface area contributed by atoms with Crippen molar-refractivity contribution in [2.24, 2.45) is 28.6 Å². The minimum absolute atomic E-state index is 0.0192. The van der Waals surface area contributed by atoms with Gasteiger partial charge in [-0.15, -0.1) is 0 Å². The van der Waals surface area contributed by atoms with E-state index in [2.05, 4.69) is 13.8 Å². The van der Waals surface area contributed by atoms with E-state index in [0.717, 1.165) is 37.7 Å². The molecule has 0 N–H and O–H groups in total. The molecule has 25 heavy (non-hydrogen) atoms. The molecule has 4 aliphatic carbocycles. The van der Waals surface area contributed by atoms with Gasteiger partial charge in [0, 0.05) is 18.8 Å². The molecule has 0 aromatic heterocycles. The molecular weight excluding hydrogens is 319 g/mol. The third-order valence-corrected chi connectivity index (χ3v) is 8.16. The Morgan fingerprint density at radius 2 is 1.96 bits per heavy atom. The highest BCUT2D eigenvalue weighted by atomic mass is 19.1. The average Bonchev–Trinajstić information content (AvgIpc) is 2.86. The minimum Gasteiger partial charge on any atom is -0.462 e. The van der Waals surface area contributed by atoms with E-state index in [1.165, 1.54) is 6.92 Å². The molecule has 4 heteroatoms. The Kier molecular flexibility index (Phi) is 3.90. The van der Waals surface area contributed by atoms with Gasteiger partial charge in [-0.1, -0.05) is 13.8 Å². The van der Waals surface area contributed by atoms with Crippen LogP contribution >= 0.6 is 0 Å². The second kappa shape index (κ2) is 5.65. The Morgan fingerprint density at radius 1 is 1.20 bits per heavy atom. The molecule has 4 aliphatic rings. The maximum Gasteiger partial charge on any atom is 0.302 e. The fourth-order valence-electron chi connectivity index (χ4n) is 6.90. The number of ether oxygens (including phenoxy) is 1. The Hall–Kier alpha value is -1.19. The highest BCUT2D eigenvalue weighted by Gasteiger charge is 2.61. The number of carbonyl (C=O) groups is 2. The number of allylic oxidation sites excluding steroid dienone is 1. The second-order valence-electron chi connectivity index (χ2n) is 9.28. The van der Waals surface area contributed by atoms with Crippen molar-refractivity contribution in [3.05, 3.63) is 11.6 Å². The molecule has 0 aromatic rings. The summed E-state index contributed by atoms with van der Waals surface area (Å²) in [5.74, 6) is 1.09. The zero-order chi connectivity index (χ0) is 18.0. The van der Waals surface area contributed by atoms with Crippen molar-refractivity contribution in [3.63, 3.8) is 0 Å². The lowest BCUT2D eigenvalue weighted by Crippen LogP contribution is -2.54. The van der Waals surface area contributed by atoms with Crippen molar-refractivity contribution in [1.82, 2.24) is 0 Å². The molecule has 0 radical (unpaired) electrons. The number of hydrogen-bond donors (Lipinski definition) is 0. The molecular formula is C21H29FO3. The van der Waals surface area contributed by atoms with Crippen molar-refractivity contribution in [3.8, 4) is 0 Å². The number of ketones is 1. The Labute approximate surface area is 149 Å². The smallest absolute Gasteiger partial charge is 0.302 e. The van der Waals surface area contributed by atoms with Crippen LogP contribution in [0.3, 0.4) is 0 Å². The number of hydrogen-bond acceptors (Lipinski definition) is 3. The normalized spacial score (nSPS) is 48.9. The van der Waals surface area contributed by atoms with Crippen LogP contribution in [0.15, 0.2) is 11.6 Å². The molecule has 0 heterocycles. The van der Waals surface area contributed by atoms with Gasteiger partial charge in [0.15, 0.2) is 5.78 Å². The van der Waals surface area contributed by atoms with Crippen molar-refractivity contribution in [1.29, 1.82) is 0 Å². The summed E-state index contributed by atoms with van der Waals surface area (Å²) in [6.07, 6.45) is 6.48. The van der Waals surface area contributed by atoms with Gasteiger partial charge in [0.2, 0.25) is 0 Å². The molecule has 0 spiro atoms. The molecule has 0 aliphatic heterocycles. The zero-order valence-corrected chi connectivity index (χ0v) is 15.5. The summed E-state index contributed by atoms with van der Waals surface area (Å²) >= 11 is 0. The summed E-state index contributed by atoms with van der Waals surface area (Å²) in [4.78, 5) is 23.4. The number of rotatable bonds is 1. The SMILES string of the molecule is CC(=O)O[C@@H]1CC[C@H]2[C@@H]3C[C@H](F)C4=CC(=O)CC[C@]4(C)[C@H]3CC[C@]12C. The number of alkyl halides is 1. The zero-order valence-electron chi connectivity index (χ0n) is 15.5. The van der Waals surface area contributed by atoms with E-state index in [0.29, 0.717) is 30.6 Å². The number of esters is 1. The predicted octanol–water partition coefficient (Wildman–Crippen LogP) is 4.40. The first-order chi connectivity index (χ1) is 11.8. The van der Waals surface area contributed by atoms with Gasteiger partial charge < -0.3 is 4.74 Å². The van der Waals surface area contributed by atoms with E-state index in [1.54, 1.807) is 6.08 Å². The lowest BCUT2D eigenvalue weighted by molar-refractivity contribution is -0.157. The summed E-state index contributed by atoms with van der Waals surface area (Å²) in [7, 11) is 0. The summed E-state index contributed by atoms with van der Waals surface area (Å²) in [6.45, 7) is 5.92. The number of fused-ring (bicyclic) bond motifs is 5. The molecule has 0 bridgehead atoms. The summed E-state index contributed by atoms with van der Waals surface area (Å²) in [6, 6.07) is 0. The van der Waals surface area contributed by atoms with Crippen LogP contribution in [0.25, 0.3) is 0 Å². The van der Waals surface area contributed by atoms with Crippen molar-refractivity contribution >= 4 is 11.8 Å². The van der Waals surface area contributed by atoms with Crippen LogP contribution in [0.1, 0.15) is 65.7 Å². The van der Waals surface area contributed by atoms with E-state index in [4.69, 9.17) is 4.74 Å². The van der Waals surface area contributed by atoms with Crippen LogP contribution in [-0.2, 0) is 14.3 Å². The van der Waals surface area contributed by atoms with Crippen LogP contribution in [0.2, 0.25) is 0 Å². The van der Waals surface area contributed by atoms with Gasteiger partial charge in [-0.25, -0.2) is 4.39 Å². The molecule has 0 aromatic carbocycles. The molecule has 3 fully saturated rings. The average molecular weight is 348 g/mol. The second-order valence-corrected chi connectivity index (χ2v) is 9.28. The Balaban J connectivity index is 1.66. The first kappa shape index (κ1) is 17.2. The fourth-order valence-corrected chi connectivity index (χ4v) is 6.90. The monoisotopic (exact) mass is 348 g/mol. The van der Waals surface area contributed by atoms with Crippen LogP contribution in [0, 0.1) is 28.6 Å². The van der Waals surface area contributed by atoms with Gasteiger partial charge in [0.1, 0.15) is 12.3 Å². The van der Waals surface area contributed by atoms with Gasteiger partial charge in [-0.3, -0.25) is 9.59 Å². The first-order valence-electron chi connectivity index (χ1n) is 9.82. The molecule has 0 unspecified atom stereocenters. The highest BCUT2D eigenvalue weighted by Crippen LogP contribution is 2.65. The maximum atomic E-state index is 15.1. The summed E-state index contributed by atoms with van der Waals surface area (Å²) in [5, 5.41) is 0. The maximum absolute atomic E-state index is 15.1. The van der Waals surface area contributed by atoms with Gasteiger partial charge in [-0.2, -0.15) is 0 Å². The molecule has 138 valence electrons. The van der Waals surface area contributed by atoms with Crippen LogP contribution in [0.5, 0.6) is 0 Å². The fraction of sp³-hybridized carbons (Fsp3) is 0.810. The van der Waals surface area contributed by atoms with Gasteiger partial charge in [0.25, 0.3) is 0 Å². The van der Waals surface area contributed by atoms with Crippen LogP contribution in [-0.4, -0.2) is 24.0 Å². The van der Waals surface area contributed by atoms with Crippen molar-refractivity contribution < 1.29 is 18.7 Å². The minimum atomic E-state index is -0.995. The highest BCUT2D eigenvalue weighted by molar-refractivity contribution is 5.91. The standard InChI is InChI=1S/C21H29FO3/c1-12(23)25-19-5-4-15-14-11-18(22)17-10-13(24)6-8-20(17,2)16(14)7-9-21(15,19)3/h10,14-16,18-19H,4-9,11H2,1-3H3/t14-,15-,16-,18-,19+,20+,21-/m0/s1. The van der Waals surface area contributed by atoms with Crippen LogP contribution < -0.4 is 0 Å². The molecule has 0 amide bonds. The van der Waals surface area contributed by atoms with Gasteiger partial charge in [-0.05, 0) is 73.3 Å². The van der Waals surface area contributed by atoms with Crippen LogP contribution in [0.4, 0.5) is 4.39 Å². The lowest BCUT2D eigenvalue weighted by atomic mass is 9.47. The summed E-state index contributed by atoms with van der Waals surface area (Å²) in [5.41, 5.74) is 0.578. The van der Waals surface area contributed by atoms with E-state index in [1.807, 2.05) is 0 Å². The third kappa shape index (κ3) is 2.43. The Morgan fingerprint density at radius 3 is 2.68 bits per heavy atom. The molecule has 0 saturated heterocycles. The molecule has 3 nitrogen and oxygen atoms in total. The van der Waals surface area contributed by atoms with Gasteiger partial charge in [0.05, 0.1) is 0 Å². The van der Waals surface area contributed by atoms with E-state index >= 15 is 4.39 Å². The quantitative estimate of drug-likeness (QED) is 0.660. The largest absolute Gasteiger partial charge is 0.462 e. The third-order valence-electron chi connectivity index (χ3n) is 8.16. The number of halogens is 1. The van der Waals surface area contributed by atoms with Crippen molar-refractivity contribution in [2.75, 3.05) is 0 Å². The van der Waals surface area contributed by atoms with E-state index in [-0.39, 0.29) is 28.7 Å². The topological polar surface area (TPSA) is 43.4 Å². The first-order valence-corrected chi connectivity index (χ1v) is 9.82. The molecule has 4 rings (SSSR count). The predicted molar refractivity (Wildman–Crippen MR) is 92.5 cm³/mol. The van der Waals surface area contributed by atoms with E-state index in [9.17, 15) is 9.59 Å². The van der Waals surface area contributed by atoms with Crippen molar-refractivity contribution in [2.45, 2.75) is 78.0 Å². The lowest BCUT2D eigenvalue weighted by Gasteiger charge is -2.58. The van der Waals surface area contributed by atoms with E-state index < -0.39 is 6.17 Å².